The number of nitro benzene ring substituents is 1. The Bertz CT molecular complexity index is 1270. The number of hydrogen-bond acceptors (Lipinski definition) is 5. The first-order chi connectivity index (χ1) is 17.3. The number of non-ortho nitro benzene ring substituents is 1. The van der Waals surface area contributed by atoms with Crippen molar-refractivity contribution in [2.24, 2.45) is 0 Å². The lowest BCUT2D eigenvalue weighted by atomic mass is 10.0. The van der Waals surface area contributed by atoms with Crippen molar-refractivity contribution in [3.63, 3.8) is 0 Å². The molecule has 3 aromatic carbocycles. The minimum Gasteiger partial charge on any atom is -0.326 e. The third-order valence-electron chi connectivity index (χ3n) is 6.39. The highest BCUT2D eigenvalue weighted by Crippen LogP contribution is 2.28. The standard InChI is InChI=1S/C28H27N3O5/c1-19(2)21-8-12-23(13-9-21)30-26(32)18-25(28(30)34)29(17-16-20-6-4-3-5-7-20)27(33)22-10-14-24(15-11-22)31(35)36/h3-15,19,25H,16-18H2,1-2H3. The largest absolute Gasteiger partial charge is 0.326 e. The minimum atomic E-state index is -0.964. The molecule has 3 aromatic rings. The van der Waals surface area contributed by atoms with E-state index in [1.807, 2.05) is 42.5 Å². The van der Waals surface area contributed by atoms with Crippen molar-refractivity contribution < 1.29 is 19.3 Å². The van der Waals surface area contributed by atoms with Crippen molar-refractivity contribution in [1.82, 2.24) is 4.90 Å². The maximum atomic E-state index is 13.5. The van der Waals surface area contributed by atoms with Crippen LogP contribution in [0.4, 0.5) is 11.4 Å². The van der Waals surface area contributed by atoms with Crippen LogP contribution >= 0.6 is 0 Å². The second-order valence-corrected chi connectivity index (χ2v) is 9.07. The average molecular weight is 486 g/mol. The molecule has 0 aliphatic carbocycles. The molecule has 1 unspecified atom stereocenters. The molecule has 1 fully saturated rings. The van der Waals surface area contributed by atoms with Gasteiger partial charge in [0.25, 0.3) is 17.5 Å². The molecule has 1 atom stereocenters. The number of nitro groups is 1. The summed E-state index contributed by atoms with van der Waals surface area (Å²) in [6.45, 7) is 4.33. The third-order valence-corrected chi connectivity index (χ3v) is 6.39. The summed E-state index contributed by atoms with van der Waals surface area (Å²) in [7, 11) is 0. The first kappa shape index (κ1) is 24.8. The van der Waals surface area contributed by atoms with Gasteiger partial charge in [-0.15, -0.1) is 0 Å². The van der Waals surface area contributed by atoms with E-state index in [1.165, 1.54) is 29.2 Å². The molecule has 1 aliphatic heterocycles. The van der Waals surface area contributed by atoms with E-state index in [4.69, 9.17) is 0 Å². The number of benzene rings is 3. The Hall–Kier alpha value is -4.33. The van der Waals surface area contributed by atoms with Gasteiger partial charge >= 0.3 is 0 Å². The van der Waals surface area contributed by atoms with Crippen molar-refractivity contribution in [2.75, 3.05) is 11.4 Å². The molecule has 0 radical (unpaired) electrons. The number of nitrogens with zero attached hydrogens (tertiary/aromatic N) is 3. The first-order valence-electron chi connectivity index (χ1n) is 11.8. The fourth-order valence-electron chi connectivity index (χ4n) is 4.32. The van der Waals surface area contributed by atoms with Crippen molar-refractivity contribution in [3.8, 4) is 0 Å². The molecule has 184 valence electrons. The fourth-order valence-corrected chi connectivity index (χ4v) is 4.32. The molecule has 0 bridgehead atoms. The Labute approximate surface area is 209 Å². The quantitative estimate of drug-likeness (QED) is 0.261. The molecule has 1 heterocycles. The highest BCUT2D eigenvalue weighted by Gasteiger charge is 2.44. The number of anilines is 1. The highest BCUT2D eigenvalue weighted by molar-refractivity contribution is 6.23. The molecule has 4 rings (SSSR count). The summed E-state index contributed by atoms with van der Waals surface area (Å²) in [5.41, 5.74) is 2.63. The maximum Gasteiger partial charge on any atom is 0.269 e. The van der Waals surface area contributed by atoms with Crippen LogP contribution in [0.3, 0.4) is 0 Å². The predicted molar refractivity (Wildman–Crippen MR) is 136 cm³/mol. The lowest BCUT2D eigenvalue weighted by Crippen LogP contribution is -2.46. The van der Waals surface area contributed by atoms with Crippen LogP contribution in [0.25, 0.3) is 0 Å². The molecule has 36 heavy (non-hydrogen) atoms. The van der Waals surface area contributed by atoms with Gasteiger partial charge in [0, 0.05) is 24.2 Å². The van der Waals surface area contributed by atoms with E-state index in [-0.39, 0.29) is 30.1 Å². The summed E-state index contributed by atoms with van der Waals surface area (Å²) in [6.07, 6.45) is 0.360. The van der Waals surface area contributed by atoms with E-state index in [0.717, 1.165) is 16.0 Å². The van der Waals surface area contributed by atoms with E-state index in [0.29, 0.717) is 18.0 Å². The maximum absolute atomic E-state index is 13.5. The van der Waals surface area contributed by atoms with Gasteiger partial charge in [0.15, 0.2) is 0 Å². The number of carbonyl (C=O) groups excluding carboxylic acids is 3. The Morgan fingerprint density at radius 2 is 1.64 bits per heavy atom. The number of amides is 3. The molecule has 0 N–H and O–H groups in total. The predicted octanol–water partition coefficient (Wildman–Crippen LogP) is 4.74. The fraction of sp³-hybridized carbons (Fsp3) is 0.250. The van der Waals surface area contributed by atoms with Crippen LogP contribution in [0.2, 0.25) is 0 Å². The number of hydrogen-bond donors (Lipinski definition) is 0. The molecule has 1 aliphatic rings. The van der Waals surface area contributed by atoms with Crippen LogP contribution in [0.1, 0.15) is 47.7 Å². The number of rotatable bonds is 8. The van der Waals surface area contributed by atoms with E-state index in [1.54, 1.807) is 12.1 Å². The van der Waals surface area contributed by atoms with Gasteiger partial charge in [-0.3, -0.25) is 24.5 Å². The topological polar surface area (TPSA) is 101 Å². The van der Waals surface area contributed by atoms with Crippen LogP contribution in [-0.2, 0) is 16.0 Å². The van der Waals surface area contributed by atoms with E-state index >= 15 is 0 Å². The SMILES string of the molecule is CC(C)c1ccc(N2C(=O)CC(N(CCc3ccccc3)C(=O)c3ccc([N+](=O)[O-])cc3)C2=O)cc1. The van der Waals surface area contributed by atoms with E-state index in [9.17, 15) is 24.5 Å². The normalized spacial score (nSPS) is 15.4. The van der Waals surface area contributed by atoms with Crippen molar-refractivity contribution in [1.29, 1.82) is 0 Å². The molecule has 8 heteroatoms. The molecule has 0 aromatic heterocycles. The Morgan fingerprint density at radius 1 is 1.00 bits per heavy atom. The van der Waals surface area contributed by atoms with Crippen LogP contribution in [0, 0.1) is 10.1 Å². The van der Waals surface area contributed by atoms with Gasteiger partial charge in [0.05, 0.1) is 17.0 Å². The van der Waals surface area contributed by atoms with Gasteiger partial charge in [-0.2, -0.15) is 0 Å². The molecular formula is C28H27N3O5. The summed E-state index contributed by atoms with van der Waals surface area (Å²) in [5, 5.41) is 11.0. The Morgan fingerprint density at radius 3 is 2.22 bits per heavy atom. The van der Waals surface area contributed by atoms with E-state index < -0.39 is 22.8 Å². The lowest BCUT2D eigenvalue weighted by Gasteiger charge is -2.28. The minimum absolute atomic E-state index is 0.127. The van der Waals surface area contributed by atoms with Crippen molar-refractivity contribution in [2.45, 2.75) is 38.6 Å². The summed E-state index contributed by atoms with van der Waals surface area (Å²) < 4.78 is 0. The zero-order chi connectivity index (χ0) is 25.8. The van der Waals surface area contributed by atoms with Gasteiger partial charge in [-0.05, 0) is 47.7 Å². The lowest BCUT2D eigenvalue weighted by molar-refractivity contribution is -0.384. The molecule has 0 saturated carbocycles. The van der Waals surface area contributed by atoms with Gasteiger partial charge < -0.3 is 4.90 Å². The zero-order valence-electron chi connectivity index (χ0n) is 20.2. The third kappa shape index (κ3) is 5.17. The summed E-state index contributed by atoms with van der Waals surface area (Å²) >= 11 is 0. The van der Waals surface area contributed by atoms with E-state index in [2.05, 4.69) is 13.8 Å². The van der Waals surface area contributed by atoms with Crippen molar-refractivity contribution >= 4 is 29.1 Å². The molecular weight excluding hydrogens is 458 g/mol. The second kappa shape index (κ2) is 10.5. The summed E-state index contributed by atoms with van der Waals surface area (Å²) in [4.78, 5) is 53.0. The first-order valence-corrected chi connectivity index (χ1v) is 11.8. The second-order valence-electron chi connectivity index (χ2n) is 9.07. The monoisotopic (exact) mass is 485 g/mol. The van der Waals surface area contributed by atoms with Crippen molar-refractivity contribution in [3.05, 3.63) is 106 Å². The van der Waals surface area contributed by atoms with Gasteiger partial charge in [0.1, 0.15) is 6.04 Å². The molecule has 1 saturated heterocycles. The van der Waals surface area contributed by atoms with Gasteiger partial charge in [-0.25, -0.2) is 4.90 Å². The van der Waals surface area contributed by atoms with Crippen LogP contribution in [-0.4, -0.2) is 40.1 Å². The summed E-state index contributed by atoms with van der Waals surface area (Å²) in [5.74, 6) is -0.974. The highest BCUT2D eigenvalue weighted by atomic mass is 16.6. The molecule has 3 amide bonds. The van der Waals surface area contributed by atoms with Gasteiger partial charge in [-0.1, -0.05) is 56.3 Å². The van der Waals surface area contributed by atoms with Crippen LogP contribution in [0.15, 0.2) is 78.9 Å². The van der Waals surface area contributed by atoms with Crippen LogP contribution in [0.5, 0.6) is 0 Å². The Kier molecular flexibility index (Phi) is 7.24. The molecule has 8 nitrogen and oxygen atoms in total. The number of carbonyl (C=O) groups is 3. The summed E-state index contributed by atoms with van der Waals surface area (Å²) in [6, 6.07) is 21.1. The number of imide groups is 1. The average Bonchev–Trinajstić information content (AvgIpc) is 3.18. The zero-order valence-corrected chi connectivity index (χ0v) is 20.2. The Balaban J connectivity index is 1.62. The smallest absolute Gasteiger partial charge is 0.269 e. The molecule has 0 spiro atoms. The van der Waals surface area contributed by atoms with Gasteiger partial charge in [0.2, 0.25) is 5.91 Å². The van der Waals surface area contributed by atoms with Crippen LogP contribution < -0.4 is 4.90 Å².